The summed E-state index contributed by atoms with van der Waals surface area (Å²) in [4.78, 5) is 4.53. The second-order valence-electron chi connectivity index (χ2n) is 2.51. The monoisotopic (exact) mass is 229 g/mol. The molecule has 5 heteroatoms. The lowest BCUT2D eigenvalue weighted by atomic mass is 10.3. The smallest absolute Gasteiger partial charge is 0.154 e. The van der Waals surface area contributed by atoms with Crippen molar-refractivity contribution in [3.05, 3.63) is 41.4 Å². The SMILES string of the molecule is Fc1cc(F)cc(Sc2nccs2)c1. The molecule has 72 valence electrons. The number of benzene rings is 1. The van der Waals surface area contributed by atoms with Crippen molar-refractivity contribution in [1.29, 1.82) is 0 Å². The second kappa shape index (κ2) is 4.06. The number of thiazole rings is 1. The van der Waals surface area contributed by atoms with Crippen LogP contribution in [0.5, 0.6) is 0 Å². The first-order chi connectivity index (χ1) is 6.74. The molecular formula is C9H5F2NS2. The highest BCUT2D eigenvalue weighted by Crippen LogP contribution is 2.29. The lowest BCUT2D eigenvalue weighted by Gasteiger charge is -1.98. The lowest BCUT2D eigenvalue weighted by molar-refractivity contribution is 0.577. The van der Waals surface area contributed by atoms with Crippen LogP contribution in [0, 0.1) is 11.6 Å². The molecule has 0 N–H and O–H groups in total. The molecule has 14 heavy (non-hydrogen) atoms. The Balaban J connectivity index is 2.25. The van der Waals surface area contributed by atoms with E-state index in [-0.39, 0.29) is 0 Å². The molecule has 0 unspecified atom stereocenters. The molecule has 0 aliphatic heterocycles. The molecule has 0 radical (unpaired) electrons. The minimum Gasteiger partial charge on any atom is -0.238 e. The molecule has 0 saturated carbocycles. The van der Waals surface area contributed by atoms with E-state index >= 15 is 0 Å². The zero-order valence-corrected chi connectivity index (χ0v) is 8.54. The van der Waals surface area contributed by atoms with Crippen LogP contribution in [0.4, 0.5) is 8.78 Å². The number of halogens is 2. The third-order valence-electron chi connectivity index (χ3n) is 1.45. The van der Waals surface area contributed by atoms with Crippen molar-refractivity contribution in [2.45, 2.75) is 9.24 Å². The largest absolute Gasteiger partial charge is 0.238 e. The summed E-state index contributed by atoms with van der Waals surface area (Å²) in [6, 6.07) is 3.43. The Kier molecular flexibility index (Phi) is 2.79. The molecule has 2 aromatic rings. The van der Waals surface area contributed by atoms with Gasteiger partial charge >= 0.3 is 0 Å². The summed E-state index contributed by atoms with van der Waals surface area (Å²) < 4.78 is 26.3. The van der Waals surface area contributed by atoms with Gasteiger partial charge in [0.15, 0.2) is 4.34 Å². The van der Waals surface area contributed by atoms with Crippen LogP contribution in [-0.4, -0.2) is 4.98 Å². The number of hydrogen-bond donors (Lipinski definition) is 0. The fraction of sp³-hybridized carbons (Fsp3) is 0. The van der Waals surface area contributed by atoms with E-state index in [2.05, 4.69) is 4.98 Å². The third-order valence-corrected chi connectivity index (χ3v) is 3.31. The van der Waals surface area contributed by atoms with E-state index < -0.39 is 11.6 Å². The zero-order chi connectivity index (χ0) is 9.97. The molecule has 0 saturated heterocycles. The van der Waals surface area contributed by atoms with Crippen LogP contribution >= 0.6 is 23.1 Å². The van der Waals surface area contributed by atoms with Gasteiger partial charge in [-0.05, 0) is 12.1 Å². The van der Waals surface area contributed by atoms with Gasteiger partial charge in [0.2, 0.25) is 0 Å². The van der Waals surface area contributed by atoms with Gasteiger partial charge in [0.05, 0.1) is 0 Å². The van der Waals surface area contributed by atoms with E-state index in [9.17, 15) is 8.78 Å². The van der Waals surface area contributed by atoms with Crippen molar-refractivity contribution < 1.29 is 8.78 Å². The molecule has 0 spiro atoms. The van der Waals surface area contributed by atoms with Gasteiger partial charge in [-0.15, -0.1) is 11.3 Å². The normalized spacial score (nSPS) is 10.4. The molecule has 1 nitrogen and oxygen atoms in total. The summed E-state index contributed by atoms with van der Waals surface area (Å²) in [6.07, 6.45) is 1.66. The molecule has 0 amide bonds. The Bertz CT molecular complexity index is 408. The van der Waals surface area contributed by atoms with E-state index in [1.54, 1.807) is 6.20 Å². The maximum atomic E-state index is 12.8. The fourth-order valence-corrected chi connectivity index (χ4v) is 2.61. The van der Waals surface area contributed by atoms with E-state index in [4.69, 9.17) is 0 Å². The van der Waals surface area contributed by atoms with Crippen molar-refractivity contribution >= 4 is 23.1 Å². The average Bonchev–Trinajstić information content (AvgIpc) is 2.54. The molecule has 0 aliphatic rings. The van der Waals surface area contributed by atoms with Crippen LogP contribution in [0.25, 0.3) is 0 Å². The molecule has 0 bridgehead atoms. The predicted molar refractivity (Wildman–Crippen MR) is 52.6 cm³/mol. The molecule has 0 fully saturated rings. The van der Waals surface area contributed by atoms with Crippen molar-refractivity contribution in [3.8, 4) is 0 Å². The minimum absolute atomic E-state index is 0.525. The molecule has 2 rings (SSSR count). The van der Waals surface area contributed by atoms with Gasteiger partial charge in [-0.1, -0.05) is 11.8 Å². The molecular weight excluding hydrogens is 224 g/mol. The summed E-state index contributed by atoms with van der Waals surface area (Å²) in [5.41, 5.74) is 0. The summed E-state index contributed by atoms with van der Waals surface area (Å²) in [6.45, 7) is 0. The maximum Gasteiger partial charge on any atom is 0.154 e. The van der Waals surface area contributed by atoms with E-state index in [0.717, 1.165) is 10.4 Å². The van der Waals surface area contributed by atoms with Gasteiger partial charge in [-0.2, -0.15) is 0 Å². The van der Waals surface area contributed by atoms with Gasteiger partial charge in [0.25, 0.3) is 0 Å². The van der Waals surface area contributed by atoms with Crippen LogP contribution in [0.2, 0.25) is 0 Å². The first-order valence-electron chi connectivity index (χ1n) is 3.77. The lowest BCUT2D eigenvalue weighted by Crippen LogP contribution is -1.80. The van der Waals surface area contributed by atoms with Crippen molar-refractivity contribution in [2.24, 2.45) is 0 Å². The van der Waals surface area contributed by atoms with Gasteiger partial charge in [0.1, 0.15) is 11.6 Å². The highest BCUT2D eigenvalue weighted by atomic mass is 32.2. The van der Waals surface area contributed by atoms with Crippen LogP contribution in [-0.2, 0) is 0 Å². The summed E-state index contributed by atoms with van der Waals surface area (Å²) in [5, 5.41) is 1.82. The number of aromatic nitrogens is 1. The quantitative estimate of drug-likeness (QED) is 0.780. The molecule has 1 aromatic heterocycles. The van der Waals surface area contributed by atoms with E-state index in [1.165, 1.54) is 35.2 Å². The second-order valence-corrected chi connectivity index (χ2v) is 4.72. The van der Waals surface area contributed by atoms with Gasteiger partial charge in [-0.3, -0.25) is 0 Å². The van der Waals surface area contributed by atoms with E-state index in [0.29, 0.717) is 4.90 Å². The van der Waals surface area contributed by atoms with Crippen molar-refractivity contribution in [2.75, 3.05) is 0 Å². The van der Waals surface area contributed by atoms with Crippen molar-refractivity contribution in [1.82, 2.24) is 4.98 Å². The van der Waals surface area contributed by atoms with Crippen LogP contribution < -0.4 is 0 Å². The zero-order valence-electron chi connectivity index (χ0n) is 6.91. The van der Waals surface area contributed by atoms with Gasteiger partial charge in [0, 0.05) is 22.5 Å². The first kappa shape index (κ1) is 9.61. The Labute approximate surface area is 87.8 Å². The minimum atomic E-state index is -0.566. The van der Waals surface area contributed by atoms with Crippen molar-refractivity contribution in [3.63, 3.8) is 0 Å². The topological polar surface area (TPSA) is 12.9 Å². The van der Waals surface area contributed by atoms with E-state index in [1.807, 2.05) is 5.38 Å². The summed E-state index contributed by atoms with van der Waals surface area (Å²) in [5.74, 6) is -1.13. The predicted octanol–water partition coefficient (Wildman–Crippen LogP) is 3.57. The first-order valence-corrected chi connectivity index (χ1v) is 5.47. The Morgan fingerprint density at radius 2 is 1.86 bits per heavy atom. The third kappa shape index (κ3) is 2.30. The number of rotatable bonds is 2. The summed E-state index contributed by atoms with van der Waals surface area (Å²) >= 11 is 2.69. The highest BCUT2D eigenvalue weighted by molar-refractivity contribution is 8.01. The summed E-state index contributed by atoms with van der Waals surface area (Å²) in [7, 11) is 0. The number of nitrogens with zero attached hydrogens (tertiary/aromatic N) is 1. The molecule has 1 aromatic carbocycles. The number of hydrogen-bond acceptors (Lipinski definition) is 3. The maximum absolute atomic E-state index is 12.8. The standard InChI is InChI=1S/C9H5F2NS2/c10-6-3-7(11)5-8(4-6)14-9-12-1-2-13-9/h1-5H. The fourth-order valence-electron chi connectivity index (χ4n) is 0.949. The van der Waals surface area contributed by atoms with Crippen LogP contribution in [0.3, 0.4) is 0 Å². The van der Waals surface area contributed by atoms with Crippen LogP contribution in [0.1, 0.15) is 0 Å². The molecule has 0 aliphatic carbocycles. The molecule has 0 atom stereocenters. The van der Waals surface area contributed by atoms with Gasteiger partial charge in [-0.25, -0.2) is 13.8 Å². The molecule has 1 heterocycles. The van der Waals surface area contributed by atoms with Crippen LogP contribution in [0.15, 0.2) is 39.0 Å². The highest BCUT2D eigenvalue weighted by Gasteiger charge is 2.03. The van der Waals surface area contributed by atoms with Gasteiger partial charge < -0.3 is 0 Å². The average molecular weight is 229 g/mol. The Hall–Kier alpha value is -0.940. The Morgan fingerprint density at radius 1 is 1.14 bits per heavy atom. The Morgan fingerprint density at radius 3 is 2.43 bits per heavy atom.